The summed E-state index contributed by atoms with van der Waals surface area (Å²) in [6.07, 6.45) is 3.75. The third-order valence-electron chi connectivity index (χ3n) is 8.19. The van der Waals surface area contributed by atoms with Crippen molar-refractivity contribution in [2.24, 2.45) is 21.7 Å². The summed E-state index contributed by atoms with van der Waals surface area (Å²) in [5, 5.41) is 23.0. The Balaban J connectivity index is 2.88. The van der Waals surface area contributed by atoms with Crippen LogP contribution in [0, 0.1) is 35.5 Å². The molecule has 0 radical (unpaired) electrons. The number of rotatable bonds is 3. The summed E-state index contributed by atoms with van der Waals surface area (Å²) in [5.74, 6) is 0.233. The van der Waals surface area contributed by atoms with E-state index >= 15 is 0 Å². The molecule has 1 aromatic carbocycles. The zero-order valence-corrected chi connectivity index (χ0v) is 21.4. The van der Waals surface area contributed by atoms with E-state index in [0.717, 1.165) is 22.3 Å². The highest BCUT2D eigenvalue weighted by molar-refractivity contribution is 5.51. The molecule has 1 aromatic rings. The fourth-order valence-electron chi connectivity index (χ4n) is 4.78. The lowest BCUT2D eigenvalue weighted by Gasteiger charge is -2.52. The summed E-state index contributed by atoms with van der Waals surface area (Å²) in [5.41, 5.74) is 4.34. The summed E-state index contributed by atoms with van der Waals surface area (Å²) in [4.78, 5) is 0. The predicted octanol–water partition coefficient (Wildman–Crippen LogP) is 7.46. The molecule has 0 fully saturated rings. The molecule has 168 valence electrons. The maximum Gasteiger partial charge on any atom is 0.122 e. The van der Waals surface area contributed by atoms with Crippen molar-refractivity contribution in [2.45, 2.75) is 95.1 Å². The first kappa shape index (κ1) is 24.7. The molecule has 1 aliphatic carbocycles. The Morgan fingerprint density at radius 2 is 1.47 bits per heavy atom. The van der Waals surface area contributed by atoms with Gasteiger partial charge in [0.05, 0.1) is 6.10 Å². The highest BCUT2D eigenvalue weighted by Gasteiger charge is 2.51. The van der Waals surface area contributed by atoms with Crippen molar-refractivity contribution in [2.75, 3.05) is 0 Å². The molecule has 2 nitrogen and oxygen atoms in total. The van der Waals surface area contributed by atoms with Crippen LogP contribution < -0.4 is 0 Å². The number of aromatic hydroxyl groups is 1. The molecule has 0 saturated carbocycles. The van der Waals surface area contributed by atoms with E-state index in [1.54, 1.807) is 0 Å². The van der Waals surface area contributed by atoms with E-state index in [1.165, 1.54) is 5.57 Å². The molecule has 0 saturated heterocycles. The van der Waals surface area contributed by atoms with E-state index in [2.05, 4.69) is 94.4 Å². The third kappa shape index (κ3) is 4.00. The van der Waals surface area contributed by atoms with E-state index in [9.17, 15) is 10.2 Å². The van der Waals surface area contributed by atoms with Crippen LogP contribution in [0.4, 0.5) is 0 Å². The minimum Gasteiger partial charge on any atom is -0.507 e. The molecular formula is C28H44O2. The predicted molar refractivity (Wildman–Crippen MR) is 129 cm³/mol. The van der Waals surface area contributed by atoms with E-state index in [-0.39, 0.29) is 22.2 Å². The van der Waals surface area contributed by atoms with Crippen LogP contribution in [0.3, 0.4) is 0 Å². The van der Waals surface area contributed by atoms with Crippen LogP contribution in [-0.2, 0) is 0 Å². The van der Waals surface area contributed by atoms with Gasteiger partial charge in [-0.2, -0.15) is 0 Å². The lowest BCUT2D eigenvalue weighted by atomic mass is 9.53. The van der Waals surface area contributed by atoms with Crippen LogP contribution in [0.25, 0.3) is 0 Å². The van der Waals surface area contributed by atoms with Crippen molar-refractivity contribution >= 4 is 0 Å². The minimum atomic E-state index is -0.631. The molecule has 3 unspecified atom stereocenters. The molecule has 2 N–H and O–H groups in total. The van der Waals surface area contributed by atoms with Crippen molar-refractivity contribution in [1.82, 2.24) is 0 Å². The standard InChI is InChI=1S/C28H44O2/c1-17-13-19(3)23(29)20(14-17)22(27(10,11)25(4,5)6)21-15-18(2)16-28(12,24(21)30)26(7,8)9/h13-16,22,24,29-30H,1-12H3. The van der Waals surface area contributed by atoms with Crippen LogP contribution in [-0.4, -0.2) is 16.3 Å². The lowest BCUT2D eigenvalue weighted by molar-refractivity contribution is 0.00172. The second kappa shape index (κ2) is 7.55. The number of benzene rings is 1. The number of phenols is 1. The fourth-order valence-corrected chi connectivity index (χ4v) is 4.78. The maximum absolute atomic E-state index is 11.8. The number of aryl methyl sites for hydroxylation is 2. The van der Waals surface area contributed by atoms with Gasteiger partial charge in [0.1, 0.15) is 5.75 Å². The molecule has 2 rings (SSSR count). The first-order valence-electron chi connectivity index (χ1n) is 11.2. The van der Waals surface area contributed by atoms with Crippen molar-refractivity contribution in [1.29, 1.82) is 0 Å². The second-order valence-corrected chi connectivity index (χ2v) is 12.4. The van der Waals surface area contributed by atoms with Crippen molar-refractivity contribution in [3.8, 4) is 5.75 Å². The third-order valence-corrected chi connectivity index (χ3v) is 8.19. The molecule has 1 aliphatic rings. The van der Waals surface area contributed by atoms with Gasteiger partial charge in [0.15, 0.2) is 0 Å². The van der Waals surface area contributed by atoms with Gasteiger partial charge in [-0.25, -0.2) is 0 Å². The van der Waals surface area contributed by atoms with Crippen molar-refractivity contribution in [3.05, 3.63) is 52.1 Å². The second-order valence-electron chi connectivity index (χ2n) is 12.4. The molecule has 30 heavy (non-hydrogen) atoms. The molecule has 2 heteroatoms. The monoisotopic (exact) mass is 412 g/mol. The summed E-state index contributed by atoms with van der Waals surface area (Å²) >= 11 is 0. The fraction of sp³-hybridized carbons (Fsp3) is 0.643. The number of phenolic OH excluding ortho intramolecular Hbond substituents is 1. The van der Waals surface area contributed by atoms with E-state index in [4.69, 9.17) is 0 Å². The van der Waals surface area contributed by atoms with E-state index in [0.29, 0.717) is 5.75 Å². The zero-order chi connectivity index (χ0) is 23.4. The number of hydrogen-bond acceptors (Lipinski definition) is 2. The van der Waals surface area contributed by atoms with Gasteiger partial charge in [0, 0.05) is 16.9 Å². The highest BCUT2D eigenvalue weighted by atomic mass is 16.3. The van der Waals surface area contributed by atoms with Gasteiger partial charge >= 0.3 is 0 Å². The quantitative estimate of drug-likeness (QED) is 0.540. The normalized spacial score (nSPS) is 24.4. The number of hydrogen-bond donors (Lipinski definition) is 2. The maximum atomic E-state index is 11.8. The number of allylic oxidation sites excluding steroid dienone is 2. The average Bonchev–Trinajstić information content (AvgIpc) is 2.54. The van der Waals surface area contributed by atoms with Crippen LogP contribution in [0.15, 0.2) is 35.4 Å². The minimum absolute atomic E-state index is 0.0461. The smallest absolute Gasteiger partial charge is 0.122 e. The first-order chi connectivity index (χ1) is 13.3. The van der Waals surface area contributed by atoms with Crippen LogP contribution in [0.2, 0.25) is 0 Å². The van der Waals surface area contributed by atoms with Crippen molar-refractivity contribution < 1.29 is 10.2 Å². The summed E-state index contributed by atoms with van der Waals surface area (Å²) < 4.78 is 0. The molecule has 0 aliphatic heterocycles. The van der Waals surface area contributed by atoms with Gasteiger partial charge in [-0.1, -0.05) is 97.7 Å². The van der Waals surface area contributed by atoms with E-state index in [1.807, 2.05) is 13.0 Å². The van der Waals surface area contributed by atoms with Gasteiger partial charge < -0.3 is 10.2 Å². The topological polar surface area (TPSA) is 40.5 Å². The highest BCUT2D eigenvalue weighted by Crippen LogP contribution is 2.58. The summed E-state index contributed by atoms with van der Waals surface area (Å²) in [7, 11) is 0. The Hall–Kier alpha value is -1.54. The Morgan fingerprint density at radius 3 is 1.93 bits per heavy atom. The average molecular weight is 413 g/mol. The molecule has 0 spiro atoms. The molecule has 0 heterocycles. The molecular weight excluding hydrogens is 368 g/mol. The van der Waals surface area contributed by atoms with Gasteiger partial charge in [0.2, 0.25) is 0 Å². The van der Waals surface area contributed by atoms with Crippen molar-refractivity contribution in [3.63, 3.8) is 0 Å². The number of aliphatic hydroxyl groups excluding tert-OH is 1. The van der Waals surface area contributed by atoms with Gasteiger partial charge in [0.25, 0.3) is 0 Å². The SMILES string of the molecule is CC1=CC(C)(C(C)(C)C)C(O)C(C(c2cc(C)cc(C)c2O)C(C)(C)C(C)(C)C)=C1. The van der Waals surface area contributed by atoms with Gasteiger partial charge in [-0.05, 0) is 48.2 Å². The van der Waals surface area contributed by atoms with E-state index < -0.39 is 11.5 Å². The Labute approximate surface area is 185 Å². The molecule has 3 atom stereocenters. The molecule has 0 aromatic heterocycles. The lowest BCUT2D eigenvalue weighted by Crippen LogP contribution is -2.48. The van der Waals surface area contributed by atoms with Crippen LogP contribution >= 0.6 is 0 Å². The summed E-state index contributed by atoms with van der Waals surface area (Å²) in [6, 6.07) is 4.13. The summed E-state index contributed by atoms with van der Waals surface area (Å²) in [6.45, 7) is 26.2. The molecule has 0 bridgehead atoms. The zero-order valence-electron chi connectivity index (χ0n) is 21.4. The molecule has 0 amide bonds. The van der Waals surface area contributed by atoms with Gasteiger partial charge in [-0.15, -0.1) is 0 Å². The van der Waals surface area contributed by atoms with Gasteiger partial charge in [-0.3, -0.25) is 0 Å². The van der Waals surface area contributed by atoms with Crippen LogP contribution in [0.1, 0.15) is 91.8 Å². The Morgan fingerprint density at radius 1 is 0.933 bits per heavy atom. The number of aliphatic hydroxyl groups is 1. The Kier molecular flexibility index (Phi) is 6.22. The first-order valence-corrected chi connectivity index (χ1v) is 11.2. The van der Waals surface area contributed by atoms with Crippen LogP contribution in [0.5, 0.6) is 5.75 Å². The Bertz CT molecular complexity index is 871. The largest absolute Gasteiger partial charge is 0.507 e.